The number of anilines is 2. The quantitative estimate of drug-likeness (QED) is 0.711. The van der Waals surface area contributed by atoms with Crippen LogP contribution in [0.3, 0.4) is 0 Å². The number of rotatable bonds is 7. The molecule has 0 aliphatic heterocycles. The van der Waals surface area contributed by atoms with Gasteiger partial charge in [-0.1, -0.05) is 26.0 Å². The molecule has 0 radical (unpaired) electrons. The van der Waals surface area contributed by atoms with E-state index in [-0.39, 0.29) is 23.6 Å². The van der Waals surface area contributed by atoms with E-state index in [0.29, 0.717) is 17.3 Å². The highest BCUT2D eigenvalue weighted by Crippen LogP contribution is 2.19. The Morgan fingerprint density at radius 1 is 0.893 bits per heavy atom. The molecule has 0 unspecified atom stereocenters. The lowest BCUT2D eigenvalue weighted by molar-refractivity contribution is -0.114. The lowest BCUT2D eigenvalue weighted by Gasteiger charge is -2.12. The first kappa shape index (κ1) is 21.0. The van der Waals surface area contributed by atoms with E-state index in [1.54, 1.807) is 0 Å². The Morgan fingerprint density at radius 3 is 2.04 bits per heavy atom. The third kappa shape index (κ3) is 5.57. The second-order valence-corrected chi connectivity index (χ2v) is 6.46. The van der Waals surface area contributed by atoms with Crippen LogP contribution in [0.25, 0.3) is 0 Å². The average Bonchev–Trinajstić information content (AvgIpc) is 2.70. The molecule has 2 rings (SSSR count). The molecule has 0 saturated carbocycles. The minimum absolute atomic E-state index is 0.0445. The second kappa shape index (κ2) is 9.55. The molecular weight excluding hydrogens is 360 g/mol. The Labute approximate surface area is 164 Å². The molecule has 148 valence electrons. The monoisotopic (exact) mass is 384 g/mol. The fraction of sp³-hybridized carbons (Fsp3) is 0.286. The van der Waals surface area contributed by atoms with Crippen molar-refractivity contribution in [3.05, 3.63) is 59.2 Å². The van der Waals surface area contributed by atoms with Crippen LogP contribution in [0.1, 0.15) is 46.0 Å². The van der Waals surface area contributed by atoms with Crippen LogP contribution in [0, 0.1) is 0 Å². The Bertz CT molecular complexity index is 843. The molecule has 0 bridgehead atoms. The Balaban J connectivity index is 2.10. The highest BCUT2D eigenvalue weighted by Gasteiger charge is 2.14. The lowest BCUT2D eigenvalue weighted by atomic mass is 10.0. The Kier molecular flexibility index (Phi) is 7.14. The molecule has 1 amide bonds. The molecule has 2 aromatic rings. The fourth-order valence-corrected chi connectivity index (χ4v) is 2.56. The summed E-state index contributed by atoms with van der Waals surface area (Å²) in [6.07, 6.45) is 0. The van der Waals surface area contributed by atoms with Gasteiger partial charge in [-0.15, -0.1) is 0 Å². The molecule has 0 fully saturated rings. The zero-order chi connectivity index (χ0) is 20.7. The number of esters is 2. The van der Waals surface area contributed by atoms with Crippen LogP contribution >= 0.6 is 0 Å². The summed E-state index contributed by atoms with van der Waals surface area (Å²) in [5.41, 5.74) is 2.61. The summed E-state index contributed by atoms with van der Waals surface area (Å²) in [6.45, 7) is 4.11. The first-order valence-electron chi connectivity index (χ1n) is 8.79. The second-order valence-electron chi connectivity index (χ2n) is 6.46. The number of nitrogens with one attached hydrogen (secondary N) is 2. The molecule has 2 aromatic carbocycles. The number of amides is 1. The number of methoxy groups -OCH3 is 2. The van der Waals surface area contributed by atoms with Crippen molar-refractivity contribution >= 4 is 29.2 Å². The molecule has 0 spiro atoms. The van der Waals surface area contributed by atoms with E-state index in [4.69, 9.17) is 9.47 Å². The number of benzene rings is 2. The lowest BCUT2D eigenvalue weighted by Crippen LogP contribution is -2.22. The highest BCUT2D eigenvalue weighted by molar-refractivity contribution is 5.98. The Morgan fingerprint density at radius 2 is 1.50 bits per heavy atom. The summed E-state index contributed by atoms with van der Waals surface area (Å²) < 4.78 is 9.39. The summed E-state index contributed by atoms with van der Waals surface area (Å²) in [5, 5.41) is 5.73. The summed E-state index contributed by atoms with van der Waals surface area (Å²) in [6, 6.07) is 12.0. The topological polar surface area (TPSA) is 93.7 Å². The number of ether oxygens (including phenoxy) is 2. The number of hydrogen-bond acceptors (Lipinski definition) is 6. The van der Waals surface area contributed by atoms with Gasteiger partial charge in [0, 0.05) is 11.4 Å². The van der Waals surface area contributed by atoms with E-state index < -0.39 is 11.9 Å². The van der Waals surface area contributed by atoms with Crippen molar-refractivity contribution in [1.82, 2.24) is 0 Å². The van der Waals surface area contributed by atoms with Gasteiger partial charge in [0.25, 0.3) is 0 Å². The van der Waals surface area contributed by atoms with E-state index >= 15 is 0 Å². The molecule has 0 saturated heterocycles. The van der Waals surface area contributed by atoms with E-state index in [1.807, 2.05) is 24.3 Å². The first-order chi connectivity index (χ1) is 13.3. The number of carbonyl (C=O) groups excluding carboxylic acids is 3. The van der Waals surface area contributed by atoms with Crippen molar-refractivity contribution in [1.29, 1.82) is 0 Å². The van der Waals surface area contributed by atoms with Gasteiger partial charge in [-0.05, 0) is 41.8 Å². The third-order valence-corrected chi connectivity index (χ3v) is 4.07. The maximum Gasteiger partial charge on any atom is 0.337 e. The van der Waals surface area contributed by atoms with Gasteiger partial charge in [-0.2, -0.15) is 0 Å². The minimum Gasteiger partial charge on any atom is -0.465 e. The van der Waals surface area contributed by atoms with Crippen molar-refractivity contribution in [2.75, 3.05) is 31.4 Å². The third-order valence-electron chi connectivity index (χ3n) is 4.07. The molecule has 0 aromatic heterocycles. The van der Waals surface area contributed by atoms with Crippen molar-refractivity contribution in [2.24, 2.45) is 0 Å². The molecule has 0 heterocycles. The number of hydrogen-bond donors (Lipinski definition) is 2. The van der Waals surface area contributed by atoms with Crippen LogP contribution in [0.4, 0.5) is 11.4 Å². The molecule has 7 nitrogen and oxygen atoms in total. The molecule has 7 heteroatoms. The molecule has 0 aliphatic rings. The van der Waals surface area contributed by atoms with Crippen LogP contribution in [-0.2, 0) is 14.3 Å². The van der Waals surface area contributed by atoms with Crippen LogP contribution in [0.2, 0.25) is 0 Å². The maximum absolute atomic E-state index is 12.3. The normalized spacial score (nSPS) is 10.3. The van der Waals surface area contributed by atoms with Gasteiger partial charge in [0.2, 0.25) is 5.91 Å². The summed E-state index contributed by atoms with van der Waals surface area (Å²) in [4.78, 5) is 35.9. The number of carbonyl (C=O) groups is 3. The zero-order valence-electron chi connectivity index (χ0n) is 16.4. The van der Waals surface area contributed by atoms with Crippen molar-refractivity contribution in [3.63, 3.8) is 0 Å². The highest BCUT2D eigenvalue weighted by atomic mass is 16.5. The standard InChI is InChI=1S/C21H24N2O5/c1-13(2)14-6-5-7-17(9-14)23-19(24)12-22-18-10-15(20(25)27-3)8-16(11-18)21(26)28-4/h5-11,13,22H,12H2,1-4H3,(H,23,24). The molecule has 0 atom stereocenters. The van der Waals surface area contributed by atoms with Gasteiger partial charge in [0.15, 0.2) is 0 Å². The average molecular weight is 384 g/mol. The van der Waals surface area contributed by atoms with Gasteiger partial charge in [0.05, 0.1) is 31.9 Å². The van der Waals surface area contributed by atoms with E-state index in [9.17, 15) is 14.4 Å². The largest absolute Gasteiger partial charge is 0.465 e. The molecular formula is C21H24N2O5. The maximum atomic E-state index is 12.3. The molecule has 28 heavy (non-hydrogen) atoms. The van der Waals surface area contributed by atoms with E-state index in [2.05, 4.69) is 24.5 Å². The summed E-state index contributed by atoms with van der Waals surface area (Å²) in [7, 11) is 2.50. The van der Waals surface area contributed by atoms with Gasteiger partial charge < -0.3 is 20.1 Å². The van der Waals surface area contributed by atoms with Crippen LogP contribution in [-0.4, -0.2) is 38.6 Å². The van der Waals surface area contributed by atoms with Crippen LogP contribution in [0.15, 0.2) is 42.5 Å². The van der Waals surface area contributed by atoms with E-state index in [0.717, 1.165) is 5.56 Å². The van der Waals surface area contributed by atoms with Crippen LogP contribution in [0.5, 0.6) is 0 Å². The zero-order valence-corrected chi connectivity index (χ0v) is 16.4. The van der Waals surface area contributed by atoms with Crippen molar-refractivity contribution in [2.45, 2.75) is 19.8 Å². The summed E-state index contributed by atoms with van der Waals surface area (Å²) >= 11 is 0. The van der Waals surface area contributed by atoms with Gasteiger partial charge >= 0.3 is 11.9 Å². The predicted octanol–water partition coefficient (Wildman–Crippen LogP) is 3.43. The first-order valence-corrected chi connectivity index (χ1v) is 8.79. The predicted molar refractivity (Wildman–Crippen MR) is 107 cm³/mol. The van der Waals surface area contributed by atoms with E-state index in [1.165, 1.54) is 32.4 Å². The van der Waals surface area contributed by atoms with Gasteiger partial charge in [-0.3, -0.25) is 4.79 Å². The SMILES string of the molecule is COC(=O)c1cc(NCC(=O)Nc2cccc(C(C)C)c2)cc(C(=O)OC)c1. The van der Waals surface area contributed by atoms with Gasteiger partial charge in [-0.25, -0.2) is 9.59 Å². The van der Waals surface area contributed by atoms with Crippen LogP contribution < -0.4 is 10.6 Å². The smallest absolute Gasteiger partial charge is 0.337 e. The molecule has 0 aliphatic carbocycles. The van der Waals surface area contributed by atoms with Gasteiger partial charge in [0.1, 0.15) is 0 Å². The van der Waals surface area contributed by atoms with Crippen molar-refractivity contribution < 1.29 is 23.9 Å². The Hall–Kier alpha value is -3.35. The molecule has 2 N–H and O–H groups in total. The fourth-order valence-electron chi connectivity index (χ4n) is 2.56. The summed E-state index contributed by atoms with van der Waals surface area (Å²) in [5.74, 6) is -1.09. The van der Waals surface area contributed by atoms with Crippen molar-refractivity contribution in [3.8, 4) is 0 Å². The minimum atomic E-state index is -0.594.